The summed E-state index contributed by atoms with van der Waals surface area (Å²) in [5.74, 6) is 0. The van der Waals surface area contributed by atoms with Crippen molar-refractivity contribution in [1.82, 2.24) is 4.98 Å². The summed E-state index contributed by atoms with van der Waals surface area (Å²) < 4.78 is 1.65. The molecule has 0 saturated heterocycles. The fourth-order valence-electron chi connectivity index (χ4n) is 3.96. The van der Waals surface area contributed by atoms with E-state index < -0.39 is 0 Å². The number of aromatic amines is 1. The van der Waals surface area contributed by atoms with Gasteiger partial charge in [0.25, 0.3) is 0 Å². The maximum atomic E-state index is 6.09. The van der Waals surface area contributed by atoms with Gasteiger partial charge in [-0.3, -0.25) is 13.9 Å². The molecule has 4 rings (SSSR count). The molecule has 0 saturated carbocycles. The first kappa shape index (κ1) is 24.0. The van der Waals surface area contributed by atoms with Crippen molar-refractivity contribution in [2.45, 2.75) is 20.3 Å². The van der Waals surface area contributed by atoms with E-state index >= 15 is 0 Å². The van der Waals surface area contributed by atoms with Gasteiger partial charge in [0.2, 0.25) is 0 Å². The lowest BCUT2D eigenvalue weighted by atomic mass is 10.00. The maximum Gasteiger partial charge on any atom is 0.586 e. The molecule has 2 aromatic carbocycles. The minimum Gasteiger partial charge on any atom is -0.355 e. The van der Waals surface area contributed by atoms with Crippen LogP contribution in [0, 0.1) is 13.8 Å². The highest BCUT2D eigenvalue weighted by molar-refractivity contribution is 6.01. The smallest absolute Gasteiger partial charge is 0.355 e. The Morgan fingerprint density at radius 3 is 2.45 bits per heavy atom. The SMILES string of the molecule is F.F.[B][N+]1=CC=CC1=C(CCN)c1[nH]c(/C=C/c2ccc(C)c3ccccc23)cc1C. The quantitative estimate of drug-likeness (QED) is 0.560. The molecule has 3 N–H and O–H groups in total. The molecule has 158 valence electrons. The number of hydrogen-bond donors (Lipinski definition) is 2. The number of nitrogens with zero attached hydrogens (tertiary/aromatic N) is 1. The van der Waals surface area contributed by atoms with E-state index in [0.717, 1.165) is 29.1 Å². The van der Waals surface area contributed by atoms with Crippen LogP contribution in [0.1, 0.15) is 34.5 Å². The first-order chi connectivity index (χ1) is 14.1. The van der Waals surface area contributed by atoms with E-state index in [4.69, 9.17) is 13.7 Å². The van der Waals surface area contributed by atoms with Crippen molar-refractivity contribution >= 4 is 42.7 Å². The van der Waals surface area contributed by atoms with E-state index in [-0.39, 0.29) is 9.41 Å². The van der Waals surface area contributed by atoms with E-state index in [0.29, 0.717) is 6.54 Å². The van der Waals surface area contributed by atoms with Crippen molar-refractivity contribution in [3.05, 3.63) is 88.4 Å². The van der Waals surface area contributed by atoms with Crippen molar-refractivity contribution in [2.24, 2.45) is 5.73 Å². The van der Waals surface area contributed by atoms with E-state index in [2.05, 4.69) is 73.4 Å². The highest BCUT2D eigenvalue weighted by atomic mass is 19.0. The Hall–Kier alpha value is -3.25. The maximum absolute atomic E-state index is 6.09. The van der Waals surface area contributed by atoms with Crippen LogP contribution in [0.4, 0.5) is 9.41 Å². The topological polar surface area (TPSA) is 44.8 Å². The summed E-state index contributed by atoms with van der Waals surface area (Å²) in [5, 5.41) is 2.56. The second-order valence-electron chi connectivity index (χ2n) is 7.45. The number of rotatable bonds is 5. The Balaban J connectivity index is 0.00000171. The van der Waals surface area contributed by atoms with Crippen LogP contribution in [0.3, 0.4) is 0 Å². The minimum absolute atomic E-state index is 0. The van der Waals surface area contributed by atoms with Gasteiger partial charge in [0.15, 0.2) is 5.70 Å². The second kappa shape index (κ2) is 10.2. The zero-order valence-corrected chi connectivity index (χ0v) is 17.8. The molecule has 3 nitrogen and oxygen atoms in total. The van der Waals surface area contributed by atoms with Crippen LogP contribution in [0.2, 0.25) is 0 Å². The molecule has 3 aromatic rings. The van der Waals surface area contributed by atoms with Crippen LogP contribution in [0.25, 0.3) is 28.5 Å². The number of aromatic nitrogens is 1. The van der Waals surface area contributed by atoms with Crippen molar-refractivity contribution in [3.63, 3.8) is 0 Å². The van der Waals surface area contributed by atoms with Crippen molar-refractivity contribution in [1.29, 1.82) is 0 Å². The van der Waals surface area contributed by atoms with Gasteiger partial charge in [-0.1, -0.05) is 42.5 Å². The molecule has 0 amide bonds. The van der Waals surface area contributed by atoms with Gasteiger partial charge in [0.1, 0.15) is 6.21 Å². The van der Waals surface area contributed by atoms with Crippen LogP contribution in [0.15, 0.2) is 60.3 Å². The molecule has 0 atom stereocenters. The number of benzene rings is 2. The van der Waals surface area contributed by atoms with Gasteiger partial charge >= 0.3 is 7.98 Å². The van der Waals surface area contributed by atoms with Crippen LogP contribution in [-0.4, -0.2) is 30.2 Å². The number of fused-ring (bicyclic) bond motifs is 1. The van der Waals surface area contributed by atoms with Gasteiger partial charge in [-0.15, -0.1) is 0 Å². The first-order valence-electron chi connectivity index (χ1n) is 9.93. The molecule has 1 aromatic heterocycles. The van der Waals surface area contributed by atoms with Crippen molar-refractivity contribution < 1.29 is 13.9 Å². The third-order valence-electron chi connectivity index (χ3n) is 5.44. The molecular weight excluding hydrogens is 391 g/mol. The molecule has 0 fully saturated rings. The van der Waals surface area contributed by atoms with Crippen LogP contribution >= 0.6 is 0 Å². The fraction of sp³-hybridized carbons (Fsp3) is 0.160. The largest absolute Gasteiger partial charge is 0.586 e. The summed E-state index contributed by atoms with van der Waals surface area (Å²) in [6, 6.07) is 15.1. The van der Waals surface area contributed by atoms with Gasteiger partial charge < -0.3 is 10.7 Å². The molecule has 0 spiro atoms. The predicted molar refractivity (Wildman–Crippen MR) is 130 cm³/mol. The predicted octanol–water partition coefficient (Wildman–Crippen LogP) is 5.06. The normalized spacial score (nSPS) is 14.5. The van der Waals surface area contributed by atoms with E-state index in [9.17, 15) is 0 Å². The van der Waals surface area contributed by atoms with Gasteiger partial charge in [-0.05, 0) is 66.4 Å². The molecule has 1 aliphatic heterocycles. The number of halogens is 2. The third kappa shape index (κ3) is 4.75. The summed E-state index contributed by atoms with van der Waals surface area (Å²) in [6.07, 6.45) is 10.9. The molecule has 0 aliphatic carbocycles. The summed E-state index contributed by atoms with van der Waals surface area (Å²) >= 11 is 0. The lowest BCUT2D eigenvalue weighted by Crippen LogP contribution is -2.09. The van der Waals surface area contributed by atoms with Crippen molar-refractivity contribution in [3.8, 4) is 0 Å². The van der Waals surface area contributed by atoms with E-state index in [1.807, 2.05) is 18.4 Å². The number of allylic oxidation sites excluding steroid dienone is 2. The van der Waals surface area contributed by atoms with Crippen LogP contribution < -0.4 is 5.73 Å². The molecule has 1 aliphatic rings. The lowest BCUT2D eigenvalue weighted by molar-refractivity contribution is -0.294. The summed E-state index contributed by atoms with van der Waals surface area (Å²) in [6.45, 7) is 4.84. The van der Waals surface area contributed by atoms with Crippen molar-refractivity contribution in [2.75, 3.05) is 6.54 Å². The van der Waals surface area contributed by atoms with Gasteiger partial charge in [0, 0.05) is 23.4 Å². The van der Waals surface area contributed by atoms with Crippen LogP contribution in [-0.2, 0) is 0 Å². The van der Waals surface area contributed by atoms with E-state index in [1.165, 1.54) is 27.5 Å². The van der Waals surface area contributed by atoms with Crippen LogP contribution in [0.5, 0.6) is 0 Å². The molecule has 0 unspecified atom stereocenters. The summed E-state index contributed by atoms with van der Waals surface area (Å²) in [7, 11) is 6.09. The lowest BCUT2D eigenvalue weighted by Gasteiger charge is -2.07. The number of nitrogens with two attached hydrogens (primary N) is 1. The average Bonchev–Trinajstić information content (AvgIpc) is 3.31. The molecule has 6 heteroatoms. The molecule has 2 heterocycles. The van der Waals surface area contributed by atoms with Gasteiger partial charge in [0.05, 0.1) is 5.69 Å². The second-order valence-corrected chi connectivity index (χ2v) is 7.45. The molecular formula is C25H27BF2N3+. The Kier molecular flexibility index (Phi) is 7.89. The Morgan fingerprint density at radius 2 is 1.77 bits per heavy atom. The van der Waals surface area contributed by atoms with E-state index in [1.54, 1.807) is 4.49 Å². The summed E-state index contributed by atoms with van der Waals surface area (Å²) in [4.78, 5) is 3.56. The standard InChI is InChI=1S/C25H25BN3.2FH/c1-17-9-10-19(22-7-4-3-6-21(17)22)11-12-20-16-18(2)25(28-20)23(13-14-27)24-8-5-15-29(24)26;;/h3-12,15-16,28H,13-14,27H2,1-2H3;2*1H/q+1;;/b12-11+;;. The Bertz CT molecular complexity index is 1200. The number of nitrogens with one attached hydrogen (secondary N) is 1. The number of H-pyrrole nitrogens is 1. The number of aryl methyl sites for hydroxylation is 2. The minimum atomic E-state index is 0. The number of hydrogen-bond acceptors (Lipinski definition) is 1. The Morgan fingerprint density at radius 1 is 1.03 bits per heavy atom. The Labute approximate surface area is 182 Å². The third-order valence-corrected chi connectivity index (χ3v) is 5.44. The summed E-state index contributed by atoms with van der Waals surface area (Å²) in [5.41, 5.74) is 13.8. The molecule has 2 radical (unpaired) electrons. The molecule has 31 heavy (non-hydrogen) atoms. The average molecular weight is 418 g/mol. The monoisotopic (exact) mass is 418 g/mol. The fourth-order valence-corrected chi connectivity index (χ4v) is 3.96. The highest BCUT2D eigenvalue weighted by Crippen LogP contribution is 2.28. The zero-order valence-electron chi connectivity index (χ0n) is 17.8. The highest BCUT2D eigenvalue weighted by Gasteiger charge is 2.20. The molecule has 0 bridgehead atoms. The first-order valence-corrected chi connectivity index (χ1v) is 9.93. The zero-order chi connectivity index (χ0) is 20.4. The van der Waals surface area contributed by atoms with Gasteiger partial charge in [-0.2, -0.15) is 0 Å². The van der Waals surface area contributed by atoms with Gasteiger partial charge in [-0.25, -0.2) is 0 Å².